The SMILES string of the molecule is Cc1ccc(N2CC(C(=O)NCc3ccc(C(=O)O)o3)CC2=O)c(F)c1. The second-order valence-electron chi connectivity index (χ2n) is 6.15. The van der Waals surface area contributed by atoms with Crippen molar-refractivity contribution in [3.05, 3.63) is 53.2 Å². The number of carboxylic acid groups (broad SMARTS) is 1. The highest BCUT2D eigenvalue weighted by Gasteiger charge is 2.36. The number of nitrogens with zero attached hydrogens (tertiary/aromatic N) is 1. The Balaban J connectivity index is 1.62. The van der Waals surface area contributed by atoms with Crippen molar-refractivity contribution in [1.82, 2.24) is 5.32 Å². The van der Waals surface area contributed by atoms with Crippen LogP contribution in [0.2, 0.25) is 0 Å². The number of halogens is 1. The van der Waals surface area contributed by atoms with Crippen LogP contribution in [0.4, 0.5) is 10.1 Å². The maximum atomic E-state index is 14.1. The first kappa shape index (κ1) is 17.7. The second-order valence-corrected chi connectivity index (χ2v) is 6.15. The number of hydrogen-bond donors (Lipinski definition) is 2. The first-order valence-electron chi connectivity index (χ1n) is 8.01. The van der Waals surface area contributed by atoms with Gasteiger partial charge in [-0.2, -0.15) is 0 Å². The summed E-state index contributed by atoms with van der Waals surface area (Å²) >= 11 is 0. The summed E-state index contributed by atoms with van der Waals surface area (Å²) < 4.78 is 19.1. The highest BCUT2D eigenvalue weighted by Crippen LogP contribution is 2.28. The average Bonchev–Trinajstić information content (AvgIpc) is 3.20. The minimum Gasteiger partial charge on any atom is -0.475 e. The number of aromatic carboxylic acids is 1. The molecule has 8 heteroatoms. The number of furan rings is 1. The second kappa shape index (κ2) is 6.99. The van der Waals surface area contributed by atoms with E-state index < -0.39 is 17.7 Å². The Kier molecular flexibility index (Phi) is 4.75. The molecule has 0 spiro atoms. The van der Waals surface area contributed by atoms with Crippen molar-refractivity contribution >= 4 is 23.5 Å². The van der Waals surface area contributed by atoms with E-state index in [2.05, 4.69) is 5.32 Å². The molecule has 0 bridgehead atoms. The predicted molar refractivity (Wildman–Crippen MR) is 89.1 cm³/mol. The van der Waals surface area contributed by atoms with Crippen molar-refractivity contribution in [2.24, 2.45) is 5.92 Å². The summed E-state index contributed by atoms with van der Waals surface area (Å²) in [5.41, 5.74) is 0.902. The number of hydrogen-bond acceptors (Lipinski definition) is 4. The third kappa shape index (κ3) is 3.58. The fraction of sp³-hybridized carbons (Fsp3) is 0.278. The Morgan fingerprint density at radius 3 is 2.77 bits per heavy atom. The Labute approximate surface area is 148 Å². The van der Waals surface area contributed by atoms with Crippen LogP contribution in [-0.4, -0.2) is 29.4 Å². The molecule has 3 rings (SSSR count). The van der Waals surface area contributed by atoms with E-state index in [9.17, 15) is 18.8 Å². The van der Waals surface area contributed by atoms with Crippen molar-refractivity contribution in [2.45, 2.75) is 19.9 Å². The maximum Gasteiger partial charge on any atom is 0.371 e. The van der Waals surface area contributed by atoms with Gasteiger partial charge in [0.15, 0.2) is 0 Å². The van der Waals surface area contributed by atoms with E-state index >= 15 is 0 Å². The normalized spacial score (nSPS) is 16.8. The van der Waals surface area contributed by atoms with Crippen molar-refractivity contribution in [1.29, 1.82) is 0 Å². The smallest absolute Gasteiger partial charge is 0.371 e. The van der Waals surface area contributed by atoms with Gasteiger partial charge in [0, 0.05) is 13.0 Å². The number of rotatable bonds is 5. The van der Waals surface area contributed by atoms with Gasteiger partial charge in [-0.1, -0.05) is 6.07 Å². The summed E-state index contributed by atoms with van der Waals surface area (Å²) in [5, 5.41) is 11.4. The zero-order valence-electron chi connectivity index (χ0n) is 14.0. The molecular formula is C18H17FN2O5. The minimum atomic E-state index is -1.19. The van der Waals surface area contributed by atoms with E-state index in [4.69, 9.17) is 9.52 Å². The molecule has 0 aliphatic carbocycles. The molecule has 2 heterocycles. The molecule has 136 valence electrons. The quantitative estimate of drug-likeness (QED) is 0.851. The number of carbonyl (C=O) groups is 3. The van der Waals surface area contributed by atoms with Crippen LogP contribution in [0.1, 0.15) is 28.3 Å². The summed E-state index contributed by atoms with van der Waals surface area (Å²) in [5.74, 6) is -2.93. The number of amides is 2. The largest absolute Gasteiger partial charge is 0.475 e. The van der Waals surface area contributed by atoms with Crippen molar-refractivity contribution in [3.63, 3.8) is 0 Å². The van der Waals surface area contributed by atoms with Gasteiger partial charge in [0.2, 0.25) is 17.6 Å². The van der Waals surface area contributed by atoms with Gasteiger partial charge in [0.1, 0.15) is 11.6 Å². The highest BCUT2D eigenvalue weighted by molar-refractivity contribution is 6.00. The van der Waals surface area contributed by atoms with Crippen LogP contribution in [0.25, 0.3) is 0 Å². The summed E-state index contributed by atoms with van der Waals surface area (Å²) in [4.78, 5) is 36.5. The van der Waals surface area contributed by atoms with E-state index in [1.807, 2.05) is 0 Å². The molecule has 1 saturated heterocycles. The number of nitrogens with one attached hydrogen (secondary N) is 1. The van der Waals surface area contributed by atoms with Crippen LogP contribution < -0.4 is 10.2 Å². The molecule has 1 aliphatic rings. The van der Waals surface area contributed by atoms with Crippen LogP contribution in [0.3, 0.4) is 0 Å². The molecule has 26 heavy (non-hydrogen) atoms. The Morgan fingerprint density at radius 2 is 2.12 bits per heavy atom. The Morgan fingerprint density at radius 1 is 1.35 bits per heavy atom. The van der Waals surface area contributed by atoms with Crippen LogP contribution in [0, 0.1) is 18.7 Å². The summed E-state index contributed by atoms with van der Waals surface area (Å²) in [7, 11) is 0. The molecule has 1 aliphatic heterocycles. The first-order valence-corrected chi connectivity index (χ1v) is 8.01. The monoisotopic (exact) mass is 360 g/mol. The van der Waals surface area contributed by atoms with E-state index in [1.54, 1.807) is 13.0 Å². The summed E-state index contributed by atoms with van der Waals surface area (Å²) in [6, 6.07) is 7.32. The molecule has 1 aromatic heterocycles. The van der Waals surface area contributed by atoms with Gasteiger partial charge >= 0.3 is 5.97 Å². The van der Waals surface area contributed by atoms with E-state index in [0.717, 1.165) is 5.56 Å². The lowest BCUT2D eigenvalue weighted by atomic mass is 10.1. The van der Waals surface area contributed by atoms with E-state index in [-0.39, 0.29) is 42.8 Å². The minimum absolute atomic E-state index is 0.00962. The van der Waals surface area contributed by atoms with Gasteiger partial charge in [-0.3, -0.25) is 9.59 Å². The van der Waals surface area contributed by atoms with Crippen molar-refractivity contribution in [3.8, 4) is 0 Å². The predicted octanol–water partition coefficient (Wildman–Crippen LogP) is 2.09. The lowest BCUT2D eigenvalue weighted by Gasteiger charge is -2.17. The number of benzene rings is 1. The highest BCUT2D eigenvalue weighted by atomic mass is 19.1. The third-order valence-corrected chi connectivity index (χ3v) is 4.20. The van der Waals surface area contributed by atoms with E-state index in [1.165, 1.54) is 29.2 Å². The molecule has 2 amide bonds. The average molecular weight is 360 g/mol. The van der Waals surface area contributed by atoms with Crippen LogP contribution in [0.15, 0.2) is 34.7 Å². The molecule has 1 atom stereocenters. The van der Waals surface area contributed by atoms with Gasteiger partial charge in [-0.15, -0.1) is 0 Å². The van der Waals surface area contributed by atoms with Crippen molar-refractivity contribution in [2.75, 3.05) is 11.4 Å². The standard InChI is InChI=1S/C18H17FN2O5/c1-10-2-4-14(13(19)6-10)21-9-11(7-16(21)22)17(23)20-8-12-3-5-15(26-12)18(24)25/h2-6,11H,7-9H2,1H3,(H,20,23)(H,24,25). The molecule has 1 fully saturated rings. The van der Waals surface area contributed by atoms with Gasteiger partial charge < -0.3 is 19.7 Å². The number of aryl methyl sites for hydroxylation is 1. The number of anilines is 1. The van der Waals surface area contributed by atoms with Gasteiger partial charge in [0.05, 0.1) is 18.2 Å². The van der Waals surface area contributed by atoms with Gasteiger partial charge in [-0.25, -0.2) is 9.18 Å². The number of carboxylic acids is 1. The van der Waals surface area contributed by atoms with Crippen molar-refractivity contribution < 1.29 is 28.3 Å². The Bertz CT molecular complexity index is 876. The lowest BCUT2D eigenvalue weighted by Crippen LogP contribution is -2.32. The summed E-state index contributed by atoms with van der Waals surface area (Å²) in [6.07, 6.45) is -0.0162. The molecule has 1 unspecified atom stereocenters. The zero-order chi connectivity index (χ0) is 18.8. The maximum absolute atomic E-state index is 14.1. The molecule has 0 radical (unpaired) electrons. The van der Waals surface area contributed by atoms with Gasteiger partial charge in [-0.05, 0) is 36.8 Å². The van der Waals surface area contributed by atoms with Crippen LogP contribution in [0.5, 0.6) is 0 Å². The topological polar surface area (TPSA) is 99.8 Å². The molecule has 2 N–H and O–H groups in total. The third-order valence-electron chi connectivity index (χ3n) is 4.20. The molecular weight excluding hydrogens is 343 g/mol. The molecule has 1 aromatic carbocycles. The fourth-order valence-corrected chi connectivity index (χ4v) is 2.85. The van der Waals surface area contributed by atoms with Gasteiger partial charge in [0.25, 0.3) is 0 Å². The molecule has 0 saturated carbocycles. The Hall–Kier alpha value is -3.16. The number of carbonyl (C=O) groups excluding carboxylic acids is 2. The fourth-order valence-electron chi connectivity index (χ4n) is 2.85. The molecule has 7 nitrogen and oxygen atoms in total. The lowest BCUT2D eigenvalue weighted by molar-refractivity contribution is -0.126. The molecule has 2 aromatic rings. The first-order chi connectivity index (χ1) is 12.3. The summed E-state index contributed by atoms with van der Waals surface area (Å²) in [6.45, 7) is 1.85. The zero-order valence-corrected chi connectivity index (χ0v) is 14.0. The van der Waals surface area contributed by atoms with Crippen LogP contribution >= 0.6 is 0 Å². The van der Waals surface area contributed by atoms with E-state index in [0.29, 0.717) is 5.76 Å². The van der Waals surface area contributed by atoms with Crippen LogP contribution in [-0.2, 0) is 16.1 Å².